The molecule has 1 aliphatic heterocycles. The third kappa shape index (κ3) is 4.36. The van der Waals surface area contributed by atoms with Crippen molar-refractivity contribution < 1.29 is 9.31 Å². The maximum atomic E-state index is 6.12. The first-order valence-corrected chi connectivity index (χ1v) is 9.66. The van der Waals surface area contributed by atoms with E-state index in [1.165, 1.54) is 55.3 Å². The Hall–Kier alpha value is -0.315. The second-order valence-corrected chi connectivity index (χ2v) is 8.41. The molecule has 2 rings (SSSR count). The van der Waals surface area contributed by atoms with Crippen molar-refractivity contribution in [1.82, 2.24) is 0 Å². The molecule has 1 fully saturated rings. The van der Waals surface area contributed by atoms with Crippen molar-refractivity contribution >= 4 is 23.2 Å². The van der Waals surface area contributed by atoms with Crippen molar-refractivity contribution in [2.24, 2.45) is 0 Å². The summed E-state index contributed by atoms with van der Waals surface area (Å²) in [7, 11) is -0.201. The molecule has 1 aromatic heterocycles. The van der Waals surface area contributed by atoms with Crippen molar-refractivity contribution in [3.8, 4) is 0 Å². The Balaban J connectivity index is 1.80. The van der Waals surface area contributed by atoms with Gasteiger partial charge in [0.2, 0.25) is 0 Å². The van der Waals surface area contributed by atoms with Crippen LogP contribution in [0.15, 0.2) is 11.4 Å². The van der Waals surface area contributed by atoms with Gasteiger partial charge in [0.05, 0.1) is 11.2 Å². The fourth-order valence-corrected chi connectivity index (χ4v) is 3.62. The summed E-state index contributed by atoms with van der Waals surface area (Å²) in [6.07, 6.45) is 9.29. The average Bonchev–Trinajstić information content (AvgIpc) is 2.97. The maximum absolute atomic E-state index is 6.12. The van der Waals surface area contributed by atoms with Gasteiger partial charge in [0.15, 0.2) is 0 Å². The van der Waals surface area contributed by atoms with E-state index in [4.69, 9.17) is 9.31 Å². The van der Waals surface area contributed by atoms with Crippen LogP contribution in [0.25, 0.3) is 0 Å². The molecule has 124 valence electrons. The van der Waals surface area contributed by atoms with Crippen LogP contribution in [0, 0.1) is 0 Å². The number of hydrogen-bond donors (Lipinski definition) is 0. The molecule has 0 aliphatic carbocycles. The Morgan fingerprint density at radius 2 is 1.55 bits per heavy atom. The van der Waals surface area contributed by atoms with Gasteiger partial charge in [-0.3, -0.25) is 0 Å². The van der Waals surface area contributed by atoms with E-state index in [0.717, 1.165) is 0 Å². The highest BCUT2D eigenvalue weighted by Gasteiger charge is 2.52. The predicted molar refractivity (Wildman–Crippen MR) is 97.1 cm³/mol. The molecule has 0 N–H and O–H groups in total. The second-order valence-electron chi connectivity index (χ2n) is 7.46. The summed E-state index contributed by atoms with van der Waals surface area (Å²) in [4.78, 5) is 0. The van der Waals surface area contributed by atoms with E-state index in [-0.39, 0.29) is 18.3 Å². The van der Waals surface area contributed by atoms with Gasteiger partial charge in [-0.2, -0.15) is 11.3 Å². The molecule has 0 aromatic carbocycles. The van der Waals surface area contributed by atoms with Gasteiger partial charge in [-0.1, -0.05) is 39.0 Å². The van der Waals surface area contributed by atoms with Gasteiger partial charge < -0.3 is 9.31 Å². The van der Waals surface area contributed by atoms with Gasteiger partial charge in [0.25, 0.3) is 0 Å². The molecular formula is C18H31BO2S. The van der Waals surface area contributed by atoms with Crippen LogP contribution in [0.3, 0.4) is 0 Å². The van der Waals surface area contributed by atoms with Crippen LogP contribution in [0.5, 0.6) is 0 Å². The smallest absolute Gasteiger partial charge is 0.399 e. The first-order chi connectivity index (χ1) is 10.4. The molecule has 2 heterocycles. The Labute approximate surface area is 140 Å². The Morgan fingerprint density at radius 1 is 0.955 bits per heavy atom. The molecule has 0 saturated carbocycles. The zero-order chi connectivity index (χ0) is 16.2. The van der Waals surface area contributed by atoms with Gasteiger partial charge in [-0.15, -0.1) is 0 Å². The minimum absolute atomic E-state index is 0.201. The molecule has 0 atom stereocenters. The van der Waals surface area contributed by atoms with Crippen molar-refractivity contribution in [3.63, 3.8) is 0 Å². The van der Waals surface area contributed by atoms with Crippen molar-refractivity contribution in [2.45, 2.75) is 90.8 Å². The van der Waals surface area contributed by atoms with Crippen LogP contribution in [-0.4, -0.2) is 18.3 Å². The Morgan fingerprint density at radius 3 is 2.18 bits per heavy atom. The molecule has 0 amide bonds. The molecule has 1 aliphatic rings. The van der Waals surface area contributed by atoms with Crippen LogP contribution in [0.1, 0.15) is 78.7 Å². The van der Waals surface area contributed by atoms with E-state index < -0.39 is 0 Å². The van der Waals surface area contributed by atoms with Gasteiger partial charge in [0, 0.05) is 4.78 Å². The number of thiophene rings is 1. The Bertz CT molecular complexity index is 451. The minimum Gasteiger partial charge on any atom is -0.399 e. The highest BCUT2D eigenvalue weighted by atomic mass is 32.1. The van der Waals surface area contributed by atoms with Gasteiger partial charge in [-0.05, 0) is 57.5 Å². The minimum atomic E-state index is -0.249. The second kappa shape index (κ2) is 7.50. The summed E-state index contributed by atoms with van der Waals surface area (Å²) in [6.45, 7) is 10.7. The zero-order valence-electron chi connectivity index (χ0n) is 14.9. The number of hydrogen-bond acceptors (Lipinski definition) is 3. The van der Waals surface area contributed by atoms with Crippen LogP contribution in [-0.2, 0) is 15.7 Å². The van der Waals surface area contributed by atoms with E-state index in [9.17, 15) is 0 Å². The largest absolute Gasteiger partial charge is 0.505 e. The summed E-state index contributed by atoms with van der Waals surface area (Å²) >= 11 is 1.77. The summed E-state index contributed by atoms with van der Waals surface area (Å²) < 4.78 is 13.5. The molecule has 4 heteroatoms. The lowest BCUT2D eigenvalue weighted by Gasteiger charge is -2.32. The van der Waals surface area contributed by atoms with Gasteiger partial charge >= 0.3 is 7.12 Å². The molecule has 1 saturated heterocycles. The summed E-state index contributed by atoms with van der Waals surface area (Å²) in [5, 5.41) is 2.27. The number of unbranched alkanes of at least 4 members (excludes halogenated alkanes) is 5. The lowest BCUT2D eigenvalue weighted by molar-refractivity contribution is 0.00578. The highest BCUT2D eigenvalue weighted by molar-refractivity contribution is 7.20. The number of aryl methyl sites for hydroxylation is 1. The molecule has 0 radical (unpaired) electrons. The van der Waals surface area contributed by atoms with E-state index in [0.29, 0.717) is 0 Å². The first-order valence-electron chi connectivity index (χ1n) is 8.78. The lowest BCUT2D eigenvalue weighted by atomic mass is 9.87. The summed E-state index contributed by atoms with van der Waals surface area (Å²) in [5.74, 6) is 0. The van der Waals surface area contributed by atoms with Crippen LogP contribution < -0.4 is 4.78 Å². The molecule has 22 heavy (non-hydrogen) atoms. The van der Waals surface area contributed by atoms with Crippen LogP contribution in [0.2, 0.25) is 0 Å². The van der Waals surface area contributed by atoms with Gasteiger partial charge in [0.1, 0.15) is 0 Å². The first kappa shape index (κ1) is 18.0. The predicted octanol–water partition coefficient (Wildman–Crippen LogP) is 4.95. The van der Waals surface area contributed by atoms with E-state index in [1.807, 2.05) is 0 Å². The number of rotatable bonds is 8. The zero-order valence-corrected chi connectivity index (χ0v) is 15.7. The van der Waals surface area contributed by atoms with Crippen molar-refractivity contribution in [3.05, 3.63) is 17.0 Å². The van der Waals surface area contributed by atoms with Crippen molar-refractivity contribution in [1.29, 1.82) is 0 Å². The van der Waals surface area contributed by atoms with E-state index >= 15 is 0 Å². The third-order valence-corrected chi connectivity index (χ3v) is 5.98. The topological polar surface area (TPSA) is 18.5 Å². The van der Waals surface area contributed by atoms with Crippen molar-refractivity contribution in [2.75, 3.05) is 0 Å². The third-order valence-electron chi connectivity index (χ3n) is 4.98. The van der Waals surface area contributed by atoms with E-state index in [1.54, 1.807) is 11.3 Å². The fourth-order valence-electron chi connectivity index (χ4n) is 2.72. The molecule has 0 unspecified atom stereocenters. The molecule has 2 nitrogen and oxygen atoms in total. The molecule has 0 bridgehead atoms. The normalized spacial score (nSPS) is 19.8. The SMILES string of the molecule is CCCCCCCCc1csc(B2OC(C)(C)C(C)(C)O2)c1. The summed E-state index contributed by atoms with van der Waals surface area (Å²) in [5.41, 5.74) is 0.938. The Kier molecular flexibility index (Phi) is 6.15. The quantitative estimate of drug-likeness (QED) is 0.498. The standard InChI is InChI=1S/C18H31BO2S/c1-6-7-8-9-10-11-12-15-13-16(22-14-15)19-20-17(2,3)18(4,5)21-19/h13-14H,6-12H2,1-5H3. The monoisotopic (exact) mass is 322 g/mol. The molecule has 0 spiro atoms. The van der Waals surface area contributed by atoms with Crippen LogP contribution in [0.4, 0.5) is 0 Å². The molecular weight excluding hydrogens is 291 g/mol. The van der Waals surface area contributed by atoms with Crippen LogP contribution >= 0.6 is 11.3 Å². The van der Waals surface area contributed by atoms with E-state index in [2.05, 4.69) is 46.1 Å². The lowest BCUT2D eigenvalue weighted by Crippen LogP contribution is -2.41. The fraction of sp³-hybridized carbons (Fsp3) is 0.778. The van der Waals surface area contributed by atoms with Gasteiger partial charge in [-0.25, -0.2) is 0 Å². The maximum Gasteiger partial charge on any atom is 0.505 e. The highest BCUT2D eigenvalue weighted by Crippen LogP contribution is 2.36. The molecule has 1 aromatic rings. The average molecular weight is 322 g/mol. The summed E-state index contributed by atoms with van der Waals surface area (Å²) in [6, 6.07) is 2.28.